The van der Waals surface area contributed by atoms with Gasteiger partial charge in [0.25, 0.3) is 0 Å². The molecule has 0 aliphatic carbocycles. The summed E-state index contributed by atoms with van der Waals surface area (Å²) in [6, 6.07) is 5.97. The van der Waals surface area contributed by atoms with E-state index in [0.29, 0.717) is 22.4 Å². The molecule has 0 saturated carbocycles. The molecule has 36 heavy (non-hydrogen) atoms. The second-order valence-electron chi connectivity index (χ2n) is 7.36. The number of halogens is 6. The normalized spacial score (nSPS) is 12.1. The van der Waals surface area contributed by atoms with E-state index in [0.717, 1.165) is 0 Å². The van der Waals surface area contributed by atoms with E-state index >= 15 is 0 Å². The quantitative estimate of drug-likeness (QED) is 0.239. The van der Waals surface area contributed by atoms with Gasteiger partial charge in [-0.05, 0) is 43.2 Å². The molecule has 0 saturated heterocycles. The Kier molecular flexibility index (Phi) is 6.56. The molecule has 190 valence electrons. The van der Waals surface area contributed by atoms with E-state index < -0.39 is 24.1 Å². The van der Waals surface area contributed by atoms with Crippen LogP contribution in [0.5, 0.6) is 11.6 Å². The lowest BCUT2D eigenvalue weighted by Crippen LogP contribution is -2.11. The lowest BCUT2D eigenvalue weighted by atomic mass is 10.1. The Balaban J connectivity index is 1.33. The van der Waals surface area contributed by atoms with Gasteiger partial charge in [-0.15, -0.1) is 0 Å². The van der Waals surface area contributed by atoms with Crippen LogP contribution in [0.3, 0.4) is 0 Å². The van der Waals surface area contributed by atoms with Crippen LogP contribution in [0.4, 0.5) is 26.3 Å². The molecule has 0 amide bonds. The van der Waals surface area contributed by atoms with Crippen LogP contribution >= 0.6 is 0 Å². The van der Waals surface area contributed by atoms with Crippen molar-refractivity contribution >= 4 is 0 Å². The average Bonchev–Trinajstić information content (AvgIpc) is 3.48. The molecule has 0 atom stereocenters. The smallest absolute Gasteiger partial charge is 0.471 e. The van der Waals surface area contributed by atoms with E-state index in [1.54, 1.807) is 26.0 Å². The summed E-state index contributed by atoms with van der Waals surface area (Å²) in [6.45, 7) is 3.59. The maximum absolute atomic E-state index is 12.7. The van der Waals surface area contributed by atoms with Gasteiger partial charge < -0.3 is 18.5 Å². The van der Waals surface area contributed by atoms with Crippen molar-refractivity contribution < 1.29 is 44.9 Å². The SMILES string of the molecule is Cc1cc(-c2noc(C(F)(F)F)n2)cc(C)c1OCCOc1ccc(-c2noc(C(F)(F)F)n2)cn1. The number of pyridine rings is 1. The standard InChI is InChI=1S/C21H15F6N5O4/c1-10-7-13(17-30-19(36-32-17)21(25,26)27)8-11(2)15(10)34-6-5-33-14-4-3-12(9-28-14)16-29-18(35-31-16)20(22,23)24/h3-4,7-9H,5-6H2,1-2H3. The van der Waals surface area contributed by atoms with Gasteiger partial charge in [-0.2, -0.15) is 36.3 Å². The molecule has 0 unspecified atom stereocenters. The highest BCUT2D eigenvalue weighted by Crippen LogP contribution is 2.33. The maximum atomic E-state index is 12.7. The molecule has 0 aliphatic rings. The third-order valence-electron chi connectivity index (χ3n) is 4.63. The third kappa shape index (κ3) is 5.55. The third-order valence-corrected chi connectivity index (χ3v) is 4.63. The van der Waals surface area contributed by atoms with Gasteiger partial charge >= 0.3 is 24.1 Å². The monoisotopic (exact) mass is 515 g/mol. The molecule has 0 spiro atoms. The van der Waals surface area contributed by atoms with Crippen molar-refractivity contribution in [3.63, 3.8) is 0 Å². The van der Waals surface area contributed by atoms with Crippen molar-refractivity contribution in [2.75, 3.05) is 13.2 Å². The minimum atomic E-state index is -4.75. The Morgan fingerprint density at radius 1 is 0.750 bits per heavy atom. The molecular weight excluding hydrogens is 500 g/mol. The van der Waals surface area contributed by atoms with Crippen LogP contribution in [-0.2, 0) is 12.4 Å². The van der Waals surface area contributed by atoms with Crippen LogP contribution in [-0.4, -0.2) is 38.5 Å². The first kappa shape index (κ1) is 24.9. The van der Waals surface area contributed by atoms with Crippen molar-refractivity contribution in [1.29, 1.82) is 0 Å². The van der Waals surface area contributed by atoms with Crippen LogP contribution in [0, 0.1) is 13.8 Å². The Morgan fingerprint density at radius 2 is 1.28 bits per heavy atom. The van der Waals surface area contributed by atoms with Crippen LogP contribution in [0.25, 0.3) is 22.8 Å². The summed E-state index contributed by atoms with van der Waals surface area (Å²) in [4.78, 5) is 10.6. The Labute approximate surface area is 198 Å². The van der Waals surface area contributed by atoms with Crippen LogP contribution in [0.1, 0.15) is 22.9 Å². The van der Waals surface area contributed by atoms with E-state index in [2.05, 4.69) is 34.3 Å². The van der Waals surface area contributed by atoms with Gasteiger partial charge in [-0.3, -0.25) is 0 Å². The molecular formula is C21H15F6N5O4. The van der Waals surface area contributed by atoms with Gasteiger partial charge in [-0.25, -0.2) is 4.98 Å². The molecule has 0 N–H and O–H groups in total. The highest BCUT2D eigenvalue weighted by molar-refractivity contribution is 5.61. The zero-order valence-electron chi connectivity index (χ0n) is 18.4. The largest absolute Gasteiger partial charge is 0.489 e. The number of rotatable bonds is 7. The van der Waals surface area contributed by atoms with Gasteiger partial charge in [0.15, 0.2) is 0 Å². The van der Waals surface area contributed by atoms with Crippen LogP contribution < -0.4 is 9.47 Å². The number of aryl methyl sites for hydroxylation is 2. The second-order valence-corrected chi connectivity index (χ2v) is 7.36. The Hall–Kier alpha value is -4.17. The predicted molar refractivity (Wildman–Crippen MR) is 108 cm³/mol. The first-order valence-corrected chi connectivity index (χ1v) is 10.1. The molecule has 9 nitrogen and oxygen atoms in total. The van der Waals surface area contributed by atoms with E-state index in [9.17, 15) is 26.3 Å². The summed E-state index contributed by atoms with van der Waals surface area (Å²) in [5.74, 6) is -2.68. The summed E-state index contributed by atoms with van der Waals surface area (Å²) in [5.41, 5.74) is 1.79. The van der Waals surface area contributed by atoms with Crippen molar-refractivity contribution in [1.82, 2.24) is 25.3 Å². The molecule has 0 fully saturated rings. The lowest BCUT2D eigenvalue weighted by Gasteiger charge is -2.13. The maximum Gasteiger partial charge on any atom is 0.471 e. The van der Waals surface area contributed by atoms with Gasteiger partial charge in [0, 0.05) is 23.4 Å². The molecule has 1 aromatic carbocycles. The topological polar surface area (TPSA) is 109 Å². The number of benzene rings is 1. The Bertz CT molecular complexity index is 1330. The molecule has 4 aromatic rings. The van der Waals surface area contributed by atoms with E-state index in [1.165, 1.54) is 18.3 Å². The highest BCUT2D eigenvalue weighted by atomic mass is 19.4. The van der Waals surface area contributed by atoms with Crippen molar-refractivity contribution in [2.24, 2.45) is 0 Å². The second kappa shape index (κ2) is 9.47. The summed E-state index contributed by atoms with van der Waals surface area (Å²) in [5, 5.41) is 6.65. The van der Waals surface area contributed by atoms with Gasteiger partial charge in [0.05, 0.1) is 0 Å². The molecule has 3 heterocycles. The van der Waals surface area contributed by atoms with Gasteiger partial charge in [-0.1, -0.05) is 10.3 Å². The summed E-state index contributed by atoms with van der Waals surface area (Å²) in [6.07, 6.45) is -8.25. The first-order valence-electron chi connectivity index (χ1n) is 10.1. The minimum Gasteiger partial charge on any atom is -0.489 e. The van der Waals surface area contributed by atoms with Crippen LogP contribution in [0.15, 0.2) is 39.5 Å². The van der Waals surface area contributed by atoms with Gasteiger partial charge in [0.2, 0.25) is 17.5 Å². The van der Waals surface area contributed by atoms with Crippen molar-refractivity contribution in [3.05, 3.63) is 53.4 Å². The number of alkyl halides is 6. The fraction of sp³-hybridized carbons (Fsp3) is 0.286. The molecule has 4 rings (SSSR count). The van der Waals surface area contributed by atoms with Crippen LogP contribution in [0.2, 0.25) is 0 Å². The van der Waals surface area contributed by atoms with E-state index in [1.807, 2.05) is 0 Å². The zero-order valence-corrected chi connectivity index (χ0v) is 18.4. The Morgan fingerprint density at radius 3 is 1.75 bits per heavy atom. The summed E-state index contributed by atoms with van der Waals surface area (Å²) < 4.78 is 95.4. The average molecular weight is 515 g/mol. The number of hydrogen-bond donors (Lipinski definition) is 0. The minimum absolute atomic E-state index is 0.0766. The van der Waals surface area contributed by atoms with Crippen molar-refractivity contribution in [3.8, 4) is 34.4 Å². The number of aromatic nitrogens is 5. The fourth-order valence-corrected chi connectivity index (χ4v) is 3.11. The summed E-state index contributed by atoms with van der Waals surface area (Å²) in [7, 11) is 0. The zero-order chi connectivity index (χ0) is 26.1. The van der Waals surface area contributed by atoms with E-state index in [-0.39, 0.29) is 36.3 Å². The number of ether oxygens (including phenoxy) is 2. The molecule has 0 aliphatic heterocycles. The molecule has 0 radical (unpaired) electrons. The molecule has 0 bridgehead atoms. The first-order chi connectivity index (χ1) is 16.9. The molecule has 3 aromatic heterocycles. The fourth-order valence-electron chi connectivity index (χ4n) is 3.11. The molecule has 15 heteroatoms. The van der Waals surface area contributed by atoms with Crippen molar-refractivity contribution in [2.45, 2.75) is 26.2 Å². The lowest BCUT2D eigenvalue weighted by molar-refractivity contribution is -0.160. The predicted octanol–water partition coefficient (Wildman–Crippen LogP) is 5.29. The van der Waals surface area contributed by atoms with Gasteiger partial charge in [0.1, 0.15) is 19.0 Å². The highest BCUT2D eigenvalue weighted by Gasteiger charge is 2.39. The number of hydrogen-bond acceptors (Lipinski definition) is 9. The number of nitrogens with zero attached hydrogens (tertiary/aromatic N) is 5. The van der Waals surface area contributed by atoms with E-state index in [4.69, 9.17) is 9.47 Å². The summed E-state index contributed by atoms with van der Waals surface area (Å²) >= 11 is 0.